The summed E-state index contributed by atoms with van der Waals surface area (Å²) < 4.78 is 0. The van der Waals surface area contributed by atoms with Crippen LogP contribution in [0.2, 0.25) is 0 Å². The largest absolute Gasteiger partial charge is 0.297 e. The molecule has 0 aliphatic carbocycles. The summed E-state index contributed by atoms with van der Waals surface area (Å²) in [6.07, 6.45) is 8.31. The molecular weight excluding hydrogens is 232 g/mol. The van der Waals surface area contributed by atoms with Crippen LogP contribution in [0, 0.1) is 0 Å². The second kappa shape index (κ2) is 4.17. The van der Waals surface area contributed by atoms with Crippen LogP contribution in [0.5, 0.6) is 0 Å². The summed E-state index contributed by atoms with van der Waals surface area (Å²) in [6.45, 7) is 0. The lowest BCUT2D eigenvalue weighted by molar-refractivity contribution is 0.264. The molecule has 0 radical (unpaired) electrons. The Bertz CT molecular complexity index is 659. The molecule has 1 fully saturated rings. The maximum Gasteiger partial charge on any atom is 0.0702 e. The summed E-state index contributed by atoms with van der Waals surface area (Å²) >= 11 is 0. The number of hydrogen-bond acceptors (Lipinski definition) is 2. The highest BCUT2D eigenvalue weighted by Crippen LogP contribution is 2.37. The molecule has 2 nitrogen and oxygen atoms in total. The molecule has 1 aromatic carbocycles. The zero-order valence-electron chi connectivity index (χ0n) is 11.2. The minimum atomic E-state index is 0.639. The Balaban J connectivity index is 1.77. The van der Waals surface area contributed by atoms with Gasteiger partial charge in [-0.25, -0.2) is 0 Å². The van der Waals surface area contributed by atoms with Crippen molar-refractivity contribution in [3.8, 4) is 0 Å². The van der Waals surface area contributed by atoms with Crippen molar-refractivity contribution in [1.82, 2.24) is 9.88 Å². The van der Waals surface area contributed by atoms with Gasteiger partial charge in [0, 0.05) is 23.7 Å². The molecule has 0 amide bonds. The third-order valence-electron chi connectivity index (χ3n) is 4.71. The van der Waals surface area contributed by atoms with E-state index in [4.69, 9.17) is 0 Å². The first-order chi connectivity index (χ1) is 9.31. The molecule has 2 bridgehead atoms. The van der Waals surface area contributed by atoms with Gasteiger partial charge in [-0.15, -0.1) is 0 Å². The average Bonchev–Trinajstić information content (AvgIpc) is 2.68. The van der Waals surface area contributed by atoms with Crippen molar-refractivity contribution in [2.24, 2.45) is 0 Å². The van der Waals surface area contributed by atoms with E-state index in [1.807, 2.05) is 12.3 Å². The first kappa shape index (κ1) is 11.2. The lowest BCUT2D eigenvalue weighted by Gasteiger charge is -2.30. The Morgan fingerprint density at radius 2 is 2.11 bits per heavy atom. The summed E-state index contributed by atoms with van der Waals surface area (Å²) in [5.74, 6) is 0. The van der Waals surface area contributed by atoms with Gasteiger partial charge in [0.1, 0.15) is 0 Å². The van der Waals surface area contributed by atoms with Crippen LogP contribution < -0.4 is 0 Å². The van der Waals surface area contributed by atoms with E-state index in [9.17, 15) is 0 Å². The Morgan fingerprint density at radius 3 is 3.00 bits per heavy atom. The number of fused-ring (bicyclic) bond motifs is 3. The molecule has 2 unspecified atom stereocenters. The van der Waals surface area contributed by atoms with E-state index in [0.717, 1.165) is 11.6 Å². The maximum atomic E-state index is 4.59. The lowest BCUT2D eigenvalue weighted by Crippen LogP contribution is -2.34. The van der Waals surface area contributed by atoms with Crippen molar-refractivity contribution in [1.29, 1.82) is 0 Å². The first-order valence-corrected chi connectivity index (χ1v) is 7.09. The second-order valence-corrected chi connectivity index (χ2v) is 5.78. The van der Waals surface area contributed by atoms with E-state index in [2.05, 4.69) is 47.3 Å². The lowest BCUT2D eigenvalue weighted by atomic mass is 9.95. The van der Waals surface area contributed by atoms with E-state index in [0.29, 0.717) is 6.04 Å². The van der Waals surface area contributed by atoms with E-state index in [-0.39, 0.29) is 0 Å². The van der Waals surface area contributed by atoms with Crippen LogP contribution >= 0.6 is 0 Å². The fraction of sp³-hybridized carbons (Fsp3) is 0.353. The van der Waals surface area contributed by atoms with Crippen molar-refractivity contribution in [3.63, 3.8) is 0 Å². The van der Waals surface area contributed by atoms with Gasteiger partial charge in [0.15, 0.2) is 0 Å². The normalized spacial score (nSPS) is 26.7. The van der Waals surface area contributed by atoms with Crippen LogP contribution in [0.3, 0.4) is 0 Å². The molecule has 2 aliphatic rings. The summed E-state index contributed by atoms with van der Waals surface area (Å²) in [5, 5.41) is 1.24. The van der Waals surface area contributed by atoms with Gasteiger partial charge in [0.25, 0.3) is 0 Å². The quantitative estimate of drug-likeness (QED) is 0.770. The predicted molar refractivity (Wildman–Crippen MR) is 78.9 cm³/mol. The van der Waals surface area contributed by atoms with Crippen molar-refractivity contribution < 1.29 is 0 Å². The molecule has 3 heterocycles. The summed E-state index contributed by atoms with van der Waals surface area (Å²) in [4.78, 5) is 7.12. The third kappa shape index (κ3) is 1.79. The molecule has 2 atom stereocenters. The Morgan fingerprint density at radius 1 is 1.21 bits per heavy atom. The number of aromatic nitrogens is 1. The Labute approximate surface area is 113 Å². The van der Waals surface area contributed by atoms with Crippen LogP contribution in [0.15, 0.2) is 42.6 Å². The van der Waals surface area contributed by atoms with Crippen molar-refractivity contribution in [3.05, 3.63) is 48.2 Å². The molecule has 19 heavy (non-hydrogen) atoms. The molecule has 1 aromatic heterocycles. The molecule has 2 aliphatic heterocycles. The highest BCUT2D eigenvalue weighted by atomic mass is 15.2. The highest BCUT2D eigenvalue weighted by Gasteiger charge is 2.33. The number of rotatable bonds is 1. The molecule has 0 spiro atoms. The fourth-order valence-electron chi connectivity index (χ4n) is 3.50. The van der Waals surface area contributed by atoms with Crippen LogP contribution in [0.1, 0.15) is 24.8 Å². The van der Waals surface area contributed by atoms with E-state index in [1.54, 1.807) is 0 Å². The van der Waals surface area contributed by atoms with E-state index in [1.165, 1.54) is 35.8 Å². The molecular formula is C17H18N2. The van der Waals surface area contributed by atoms with E-state index >= 15 is 0 Å². The molecule has 0 N–H and O–H groups in total. The number of hydrogen-bond donors (Lipinski definition) is 0. The van der Waals surface area contributed by atoms with E-state index < -0.39 is 0 Å². The number of pyridine rings is 1. The number of para-hydroxylation sites is 1. The summed E-state index contributed by atoms with van der Waals surface area (Å²) in [5.41, 5.74) is 3.88. The van der Waals surface area contributed by atoms with Gasteiger partial charge in [0.2, 0.25) is 0 Å². The number of benzene rings is 1. The molecule has 1 saturated heterocycles. The molecule has 2 aromatic rings. The topological polar surface area (TPSA) is 16.1 Å². The van der Waals surface area contributed by atoms with Crippen LogP contribution in [-0.4, -0.2) is 29.0 Å². The third-order valence-corrected chi connectivity index (χ3v) is 4.71. The monoisotopic (exact) mass is 250 g/mol. The van der Waals surface area contributed by atoms with Crippen LogP contribution in [-0.2, 0) is 0 Å². The van der Waals surface area contributed by atoms with Gasteiger partial charge in [-0.3, -0.25) is 9.88 Å². The van der Waals surface area contributed by atoms with Crippen molar-refractivity contribution in [2.75, 3.05) is 7.05 Å². The van der Waals surface area contributed by atoms with Crippen LogP contribution in [0.4, 0.5) is 0 Å². The zero-order chi connectivity index (χ0) is 12.8. The van der Waals surface area contributed by atoms with Gasteiger partial charge in [0.05, 0.1) is 5.52 Å². The van der Waals surface area contributed by atoms with Crippen molar-refractivity contribution >= 4 is 16.5 Å². The summed E-state index contributed by atoms with van der Waals surface area (Å²) in [6, 6.07) is 12.0. The van der Waals surface area contributed by atoms with Gasteiger partial charge >= 0.3 is 0 Å². The Kier molecular flexibility index (Phi) is 2.46. The SMILES string of the molecule is CN1C2C=C(c3cnc4ccccc4c3)CC1CC2. The average molecular weight is 250 g/mol. The first-order valence-electron chi connectivity index (χ1n) is 7.09. The van der Waals surface area contributed by atoms with Gasteiger partial charge < -0.3 is 0 Å². The van der Waals surface area contributed by atoms with Gasteiger partial charge in [-0.2, -0.15) is 0 Å². The van der Waals surface area contributed by atoms with Gasteiger partial charge in [-0.05, 0) is 49.6 Å². The number of likely N-dealkylation sites (N-methyl/N-ethyl adjacent to an activating group) is 1. The van der Waals surface area contributed by atoms with Gasteiger partial charge in [-0.1, -0.05) is 24.3 Å². The minimum absolute atomic E-state index is 0.639. The maximum absolute atomic E-state index is 4.59. The Hall–Kier alpha value is -1.67. The smallest absolute Gasteiger partial charge is 0.0702 e. The molecule has 96 valence electrons. The summed E-state index contributed by atoms with van der Waals surface area (Å²) in [7, 11) is 2.26. The second-order valence-electron chi connectivity index (χ2n) is 5.78. The predicted octanol–water partition coefficient (Wildman–Crippen LogP) is 3.48. The van der Waals surface area contributed by atoms with Crippen LogP contribution in [0.25, 0.3) is 16.5 Å². The molecule has 2 heteroatoms. The fourth-order valence-corrected chi connectivity index (χ4v) is 3.50. The standard InChI is InChI=1S/C17H18N2/c1-19-15-6-7-16(19)10-13(9-15)14-8-12-4-2-3-5-17(12)18-11-14/h2-5,8-9,11,15-16H,6-7,10H2,1H3. The molecule has 0 saturated carbocycles. The molecule has 4 rings (SSSR count). The van der Waals surface area contributed by atoms with Crippen molar-refractivity contribution in [2.45, 2.75) is 31.3 Å². The minimum Gasteiger partial charge on any atom is -0.297 e. The zero-order valence-corrected chi connectivity index (χ0v) is 11.2. The highest BCUT2D eigenvalue weighted by molar-refractivity contribution is 5.82. The number of nitrogens with zero attached hydrogens (tertiary/aromatic N) is 2.